The molecule has 488 valence electrons. The molecule has 6 aromatic rings. The summed E-state index contributed by atoms with van der Waals surface area (Å²) in [6.07, 6.45) is 6.50. The molecule has 2 saturated heterocycles. The number of nitrogens with one attached hydrogen (secondary N) is 2. The fourth-order valence-electron chi connectivity index (χ4n) is 9.24. The van der Waals surface area contributed by atoms with Gasteiger partial charge in [0.05, 0.1) is 60.9 Å². The van der Waals surface area contributed by atoms with E-state index in [0.29, 0.717) is 34.7 Å². The Morgan fingerprint density at radius 3 is 1.33 bits per heavy atom. The monoisotopic (exact) mass is 1320 g/mol. The molecule has 2 aliphatic rings. The summed E-state index contributed by atoms with van der Waals surface area (Å²) in [6, 6.07) is 11.1. The SMILES string of the molecule is CCOC(=O)[C@H](COc1ccc(-c2cn(CCCN)[n+](C)c2)cc1)O/N=C(\C(=O)N[C@@H]1C(=O)N(OS(=O)(=O)ON2C(=O)[C@@H](NC(=O)/C(=N\O[C@@H](COc3ccc(-c4cn(CCCN)[n+](C)c4)cc3)C(=O)OCC)c3csc(N)n3)C2(C)C)C1(C)C)c1csc(N)n1. The van der Waals surface area contributed by atoms with Crippen LogP contribution in [0.4, 0.5) is 10.3 Å². The van der Waals surface area contributed by atoms with E-state index >= 15 is 0 Å². The molecule has 2 fully saturated rings. The van der Waals surface area contributed by atoms with Crippen LogP contribution in [0.2, 0.25) is 0 Å². The van der Waals surface area contributed by atoms with Crippen LogP contribution >= 0.6 is 22.7 Å². The molecule has 0 bridgehead atoms. The maximum Gasteiger partial charge on any atom is 0.442 e. The Bertz CT molecular complexity index is 3550. The van der Waals surface area contributed by atoms with Crippen LogP contribution in [-0.2, 0) is 94.1 Å². The van der Waals surface area contributed by atoms with Gasteiger partial charge in [-0.25, -0.2) is 19.6 Å². The second-order valence-electron chi connectivity index (χ2n) is 21.5. The number of carbonyl (C=O) groups excluding carboxylic acids is 6. The fraction of sp³-hybridized carbons (Fsp3) is 0.429. The highest BCUT2D eigenvalue weighted by molar-refractivity contribution is 7.81. The van der Waals surface area contributed by atoms with Gasteiger partial charge in [-0.05, 0) is 103 Å². The molecule has 91 heavy (non-hydrogen) atoms. The molecule has 4 atom stereocenters. The van der Waals surface area contributed by atoms with E-state index in [2.05, 4.69) is 30.9 Å². The third kappa shape index (κ3) is 16.1. The normalized spacial score (nSPS) is 16.9. The lowest BCUT2D eigenvalue weighted by Crippen LogP contribution is -2.78. The van der Waals surface area contributed by atoms with Gasteiger partial charge < -0.3 is 62.2 Å². The van der Waals surface area contributed by atoms with Gasteiger partial charge in [-0.2, -0.15) is 27.9 Å². The number of anilines is 2. The van der Waals surface area contributed by atoms with Gasteiger partial charge in [0.2, 0.25) is 12.4 Å². The zero-order valence-corrected chi connectivity index (χ0v) is 53.5. The van der Waals surface area contributed by atoms with Crippen molar-refractivity contribution >= 4 is 90.3 Å². The number of aryl methyl sites for hydroxylation is 4. The predicted molar refractivity (Wildman–Crippen MR) is 326 cm³/mol. The molecule has 2 aromatic carbocycles. The number of amides is 4. The average molecular weight is 1320 g/mol. The molecule has 8 rings (SSSR count). The minimum Gasteiger partial charge on any atom is -0.489 e. The highest BCUT2D eigenvalue weighted by Gasteiger charge is 2.61. The second-order valence-corrected chi connectivity index (χ2v) is 24.4. The third-order valence-electron chi connectivity index (χ3n) is 14.2. The minimum atomic E-state index is -5.35. The Kier molecular flexibility index (Phi) is 21.8. The number of nitrogen functional groups attached to an aromatic ring is 2. The molecule has 0 unspecified atom stereocenters. The van der Waals surface area contributed by atoms with Crippen molar-refractivity contribution in [3.05, 3.63) is 95.5 Å². The fourth-order valence-corrected chi connectivity index (χ4v) is 11.3. The van der Waals surface area contributed by atoms with Crippen LogP contribution in [0.3, 0.4) is 0 Å². The number of carbonyl (C=O) groups is 6. The number of thiazole rings is 2. The zero-order chi connectivity index (χ0) is 66.0. The summed E-state index contributed by atoms with van der Waals surface area (Å²) in [7, 11) is -1.49. The van der Waals surface area contributed by atoms with Crippen LogP contribution in [0.15, 0.2) is 94.4 Å². The number of hydrogen-bond acceptors (Lipinski definition) is 26. The molecule has 6 heterocycles. The van der Waals surface area contributed by atoms with Gasteiger partial charge in [0.15, 0.2) is 35.8 Å². The molecule has 32 nitrogen and oxygen atoms in total. The highest BCUT2D eigenvalue weighted by Crippen LogP contribution is 2.37. The number of hydroxylamine groups is 4. The van der Waals surface area contributed by atoms with Crippen molar-refractivity contribution in [3.63, 3.8) is 0 Å². The number of nitrogens with zero attached hydrogens (tertiary/aromatic N) is 10. The van der Waals surface area contributed by atoms with Gasteiger partial charge in [-0.15, -0.1) is 40.6 Å². The van der Waals surface area contributed by atoms with Crippen molar-refractivity contribution < 1.29 is 83.7 Å². The smallest absolute Gasteiger partial charge is 0.442 e. The van der Waals surface area contributed by atoms with Crippen molar-refractivity contribution in [2.45, 2.75) is 103 Å². The van der Waals surface area contributed by atoms with Gasteiger partial charge >= 0.3 is 22.3 Å². The van der Waals surface area contributed by atoms with Gasteiger partial charge in [0.1, 0.15) is 48.2 Å². The van der Waals surface area contributed by atoms with Crippen LogP contribution in [0.25, 0.3) is 22.3 Å². The summed E-state index contributed by atoms with van der Waals surface area (Å²) in [5, 5.41) is 16.5. The lowest BCUT2D eigenvalue weighted by Gasteiger charge is -2.52. The number of aromatic nitrogens is 6. The summed E-state index contributed by atoms with van der Waals surface area (Å²) in [4.78, 5) is 101. The van der Waals surface area contributed by atoms with E-state index in [1.807, 2.05) is 81.9 Å². The molecule has 2 aliphatic heterocycles. The number of oxime groups is 2. The number of β-lactam (4-membered cyclic amide) rings is 2. The molecular formula is C56H72N16O16S3+2. The van der Waals surface area contributed by atoms with E-state index in [-0.39, 0.29) is 34.9 Å². The summed E-state index contributed by atoms with van der Waals surface area (Å²) in [5.41, 5.74) is 22.3. The van der Waals surface area contributed by atoms with Crippen LogP contribution in [0, 0.1) is 0 Å². The molecule has 0 aliphatic carbocycles. The van der Waals surface area contributed by atoms with Crippen molar-refractivity contribution in [2.75, 3.05) is 51.0 Å². The molecular weight excluding hydrogens is 1250 g/mol. The number of ether oxygens (including phenoxy) is 4. The first kappa shape index (κ1) is 67.8. The maximum absolute atomic E-state index is 14.1. The molecule has 35 heteroatoms. The Labute approximate surface area is 530 Å². The third-order valence-corrected chi connectivity index (χ3v) is 16.2. The molecule has 4 amide bonds. The van der Waals surface area contributed by atoms with Gasteiger partial charge in [0.25, 0.3) is 35.8 Å². The summed E-state index contributed by atoms with van der Waals surface area (Å²) in [6.45, 7) is 10.2. The van der Waals surface area contributed by atoms with E-state index in [1.54, 1.807) is 38.1 Å². The molecule has 0 spiro atoms. The first-order chi connectivity index (χ1) is 43.3. The van der Waals surface area contributed by atoms with E-state index in [4.69, 9.17) is 60.1 Å². The largest absolute Gasteiger partial charge is 0.489 e. The molecule has 10 N–H and O–H groups in total. The average Bonchev–Trinajstić information content (AvgIpc) is 1.32. The Morgan fingerprint density at radius 1 is 0.637 bits per heavy atom. The first-order valence-electron chi connectivity index (χ1n) is 28.4. The molecule has 0 saturated carbocycles. The molecule has 0 radical (unpaired) electrons. The van der Waals surface area contributed by atoms with Gasteiger partial charge in [-0.3, -0.25) is 19.2 Å². The molecule has 4 aromatic heterocycles. The van der Waals surface area contributed by atoms with Crippen LogP contribution in [0.5, 0.6) is 11.5 Å². The van der Waals surface area contributed by atoms with Gasteiger partial charge in [-0.1, -0.05) is 34.6 Å². The van der Waals surface area contributed by atoms with Crippen molar-refractivity contribution in [2.24, 2.45) is 35.9 Å². The number of esters is 2. The topological polar surface area (TPSA) is 413 Å². The zero-order valence-electron chi connectivity index (χ0n) is 51.0. The number of nitrogens with two attached hydrogens (primary N) is 4. The van der Waals surface area contributed by atoms with Crippen LogP contribution < -0.4 is 52.4 Å². The first-order valence-corrected chi connectivity index (χ1v) is 31.5. The summed E-state index contributed by atoms with van der Waals surface area (Å²) >= 11 is 1.89. The Balaban J connectivity index is 0.883. The highest BCUT2D eigenvalue weighted by atomic mass is 32.3. The summed E-state index contributed by atoms with van der Waals surface area (Å²) in [5.74, 6) is -5.36. The number of hydrogen-bond donors (Lipinski definition) is 6. The van der Waals surface area contributed by atoms with E-state index < -0.39 is 106 Å². The minimum absolute atomic E-state index is 0.0240. The second kappa shape index (κ2) is 29.2. The van der Waals surface area contributed by atoms with Crippen molar-refractivity contribution in [3.8, 4) is 33.8 Å². The van der Waals surface area contributed by atoms with Crippen molar-refractivity contribution in [1.82, 2.24) is 40.1 Å². The standard InChI is InChI=1S/C56H70N16O16S3/c1-9-81-51(77)41(29-83-37-17-13-33(14-18-37)35-25-67(7)69(27-35)23-11-21-57)85-65-43(39-31-89-53(59)61-39)47(73)63-45-49(75)71(55(45,3)4)87-91(79,80)88-72-50(76)46(56(72,5)6)64-48(74)44(40-32-90-54(60)62-40)66-86-42(52(78)82-10-2)30-84-38-19-15-34(16-20-38)36-26-68(8)70(28-36)24-12-22-58/h13-20,25-28,31-32,41-42,45-46H,9-12,21-24,29-30,57-58H2,1-8H3,(H4-2,59,60,61,62,63,64,73,74)/p+2/b65-43-,66-44-/t41-,42-,45+,46+/m0/s1. The van der Waals surface area contributed by atoms with Crippen molar-refractivity contribution in [1.29, 1.82) is 0 Å². The number of benzene rings is 2. The van der Waals surface area contributed by atoms with Gasteiger partial charge in [0, 0.05) is 10.8 Å². The Hall–Kier alpha value is -9.13. The number of rotatable bonds is 32. The van der Waals surface area contributed by atoms with E-state index in [0.717, 1.165) is 70.9 Å². The quantitative estimate of drug-likeness (QED) is 0.0110. The van der Waals surface area contributed by atoms with Crippen LogP contribution in [0.1, 0.15) is 65.8 Å². The lowest BCUT2D eigenvalue weighted by molar-refractivity contribution is -0.753. The van der Waals surface area contributed by atoms with E-state index in [9.17, 15) is 37.2 Å². The maximum atomic E-state index is 14.1. The van der Waals surface area contributed by atoms with Crippen LogP contribution in [-0.4, -0.2) is 160 Å². The summed E-state index contributed by atoms with van der Waals surface area (Å²) < 4.78 is 67.5. The van der Waals surface area contributed by atoms with E-state index in [1.165, 1.54) is 38.5 Å². The Morgan fingerprint density at radius 2 is 1.01 bits per heavy atom. The lowest BCUT2D eigenvalue weighted by atomic mass is 9.84. The predicted octanol–water partition coefficient (Wildman–Crippen LogP) is 0.530.